The fourth-order valence-electron chi connectivity index (χ4n) is 3.06. The van der Waals surface area contributed by atoms with Crippen molar-refractivity contribution < 1.29 is 13.2 Å². The van der Waals surface area contributed by atoms with Crippen molar-refractivity contribution in [3.63, 3.8) is 0 Å². The molecule has 0 aromatic heterocycles. The molecule has 2 amide bonds. The van der Waals surface area contributed by atoms with Crippen LogP contribution in [-0.2, 0) is 10.0 Å². The van der Waals surface area contributed by atoms with E-state index in [-0.39, 0.29) is 17.6 Å². The summed E-state index contributed by atoms with van der Waals surface area (Å²) in [6.45, 7) is 4.44. The average Bonchev–Trinajstić information content (AvgIpc) is 3.06. The van der Waals surface area contributed by atoms with Crippen molar-refractivity contribution in [1.29, 1.82) is 0 Å². The van der Waals surface area contributed by atoms with Crippen LogP contribution in [0.25, 0.3) is 0 Å². The first-order chi connectivity index (χ1) is 11.0. The molecule has 0 N–H and O–H groups in total. The maximum absolute atomic E-state index is 12.7. The van der Waals surface area contributed by atoms with Gasteiger partial charge in [-0.05, 0) is 38.3 Å². The molecule has 0 radical (unpaired) electrons. The molecule has 6 nitrogen and oxygen atoms in total. The monoisotopic (exact) mass is 337 g/mol. The van der Waals surface area contributed by atoms with Crippen LogP contribution < -0.4 is 0 Å². The molecule has 126 valence electrons. The van der Waals surface area contributed by atoms with Gasteiger partial charge in [0.25, 0.3) is 0 Å². The smallest absolute Gasteiger partial charge is 0.321 e. The van der Waals surface area contributed by atoms with Gasteiger partial charge in [-0.2, -0.15) is 4.31 Å². The van der Waals surface area contributed by atoms with E-state index in [1.807, 2.05) is 11.8 Å². The number of aryl methyl sites for hydroxylation is 1. The fourth-order valence-corrected chi connectivity index (χ4v) is 4.45. The number of hydrogen-bond donors (Lipinski definition) is 0. The summed E-state index contributed by atoms with van der Waals surface area (Å²) in [6.07, 6.45) is 3.23. The highest BCUT2D eigenvalue weighted by molar-refractivity contribution is 7.89. The predicted octanol–water partition coefficient (Wildman–Crippen LogP) is 1.86. The lowest BCUT2D eigenvalue weighted by Gasteiger charge is -2.30. The van der Waals surface area contributed by atoms with Gasteiger partial charge in [0.15, 0.2) is 0 Å². The molecule has 2 aliphatic rings. The number of carbonyl (C=O) groups excluding carboxylic acids is 1. The molecule has 23 heavy (non-hydrogen) atoms. The molecule has 0 bridgehead atoms. The van der Waals surface area contributed by atoms with Crippen molar-refractivity contribution in [2.24, 2.45) is 0 Å². The number of likely N-dealkylation sites (tertiary alicyclic amines) is 1. The Labute approximate surface area is 137 Å². The normalized spacial score (nSPS) is 20.0. The average molecular weight is 337 g/mol. The minimum Gasteiger partial charge on any atom is -0.325 e. The molecule has 1 aromatic carbocycles. The van der Waals surface area contributed by atoms with Gasteiger partial charge in [0.2, 0.25) is 10.0 Å². The SMILES string of the molecule is Cc1ccc(S(=O)(=O)N2CCN(C(=O)N3CCCCC3)C2)cc1. The van der Waals surface area contributed by atoms with Crippen LogP contribution in [0.5, 0.6) is 0 Å². The van der Waals surface area contributed by atoms with Crippen LogP contribution in [0.3, 0.4) is 0 Å². The summed E-state index contributed by atoms with van der Waals surface area (Å²) in [5.74, 6) is 0. The van der Waals surface area contributed by atoms with E-state index in [1.165, 1.54) is 4.31 Å². The Morgan fingerprint density at radius 2 is 1.57 bits per heavy atom. The summed E-state index contributed by atoms with van der Waals surface area (Å²) in [6, 6.07) is 6.80. The number of urea groups is 1. The Balaban J connectivity index is 1.69. The lowest BCUT2D eigenvalue weighted by atomic mass is 10.1. The van der Waals surface area contributed by atoms with Crippen LogP contribution in [0.1, 0.15) is 24.8 Å². The first-order valence-corrected chi connectivity index (χ1v) is 9.53. The number of rotatable bonds is 2. The van der Waals surface area contributed by atoms with Crippen molar-refractivity contribution in [2.45, 2.75) is 31.1 Å². The van der Waals surface area contributed by atoms with E-state index in [0.29, 0.717) is 13.1 Å². The van der Waals surface area contributed by atoms with Crippen LogP contribution >= 0.6 is 0 Å². The van der Waals surface area contributed by atoms with Gasteiger partial charge in [-0.15, -0.1) is 0 Å². The van der Waals surface area contributed by atoms with Crippen molar-refractivity contribution in [1.82, 2.24) is 14.1 Å². The third-order valence-electron chi connectivity index (χ3n) is 4.50. The minimum absolute atomic E-state index is 0.0358. The summed E-state index contributed by atoms with van der Waals surface area (Å²) in [5, 5.41) is 0. The molecule has 7 heteroatoms. The Kier molecular flexibility index (Phi) is 4.59. The van der Waals surface area contributed by atoms with Gasteiger partial charge in [-0.25, -0.2) is 13.2 Å². The van der Waals surface area contributed by atoms with Gasteiger partial charge in [0.1, 0.15) is 0 Å². The highest BCUT2D eigenvalue weighted by Crippen LogP contribution is 2.21. The molecule has 2 fully saturated rings. The molecule has 3 rings (SSSR count). The number of piperidine rings is 1. The van der Waals surface area contributed by atoms with Gasteiger partial charge < -0.3 is 9.80 Å². The van der Waals surface area contributed by atoms with Crippen molar-refractivity contribution in [3.8, 4) is 0 Å². The Morgan fingerprint density at radius 3 is 2.22 bits per heavy atom. The van der Waals surface area contributed by atoms with Crippen molar-refractivity contribution >= 4 is 16.1 Å². The van der Waals surface area contributed by atoms with Gasteiger partial charge in [0.05, 0.1) is 11.6 Å². The quantitative estimate of drug-likeness (QED) is 0.828. The third kappa shape index (κ3) is 3.35. The lowest BCUT2D eigenvalue weighted by Crippen LogP contribution is -2.45. The van der Waals surface area contributed by atoms with Gasteiger partial charge in [0, 0.05) is 26.2 Å². The summed E-state index contributed by atoms with van der Waals surface area (Å²) >= 11 is 0. The second-order valence-electron chi connectivity index (χ2n) is 6.23. The Morgan fingerprint density at radius 1 is 0.913 bits per heavy atom. The molecule has 0 aliphatic carbocycles. The van der Waals surface area contributed by atoms with E-state index in [4.69, 9.17) is 0 Å². The highest BCUT2D eigenvalue weighted by Gasteiger charge is 2.35. The maximum Gasteiger partial charge on any atom is 0.321 e. The minimum atomic E-state index is -3.53. The zero-order chi connectivity index (χ0) is 16.4. The first-order valence-electron chi connectivity index (χ1n) is 8.09. The second-order valence-corrected chi connectivity index (χ2v) is 8.17. The van der Waals surface area contributed by atoms with Crippen molar-refractivity contribution in [2.75, 3.05) is 32.8 Å². The van der Waals surface area contributed by atoms with Crippen LogP contribution in [0.4, 0.5) is 4.79 Å². The largest absolute Gasteiger partial charge is 0.325 e. The number of sulfonamides is 1. The molecule has 2 heterocycles. The summed E-state index contributed by atoms with van der Waals surface area (Å²) in [5.41, 5.74) is 1.02. The molecule has 0 unspecified atom stereocenters. The van der Waals surface area contributed by atoms with Crippen LogP contribution in [0.15, 0.2) is 29.2 Å². The number of amides is 2. The fraction of sp³-hybridized carbons (Fsp3) is 0.562. The number of benzene rings is 1. The van der Waals surface area contributed by atoms with E-state index >= 15 is 0 Å². The molecule has 0 atom stereocenters. The zero-order valence-corrected chi connectivity index (χ0v) is 14.3. The first kappa shape index (κ1) is 16.3. The van der Waals surface area contributed by atoms with Gasteiger partial charge in [-0.3, -0.25) is 0 Å². The Hall–Kier alpha value is -1.60. The molecule has 0 saturated carbocycles. The van der Waals surface area contributed by atoms with Crippen LogP contribution in [0, 0.1) is 6.92 Å². The Bertz CT molecular complexity index is 666. The van der Waals surface area contributed by atoms with Crippen LogP contribution in [-0.4, -0.2) is 61.4 Å². The molecule has 0 spiro atoms. The van der Waals surface area contributed by atoms with Gasteiger partial charge in [-0.1, -0.05) is 17.7 Å². The zero-order valence-electron chi connectivity index (χ0n) is 13.4. The van der Waals surface area contributed by atoms with E-state index in [9.17, 15) is 13.2 Å². The summed E-state index contributed by atoms with van der Waals surface area (Å²) in [7, 11) is -3.53. The molecular formula is C16H23N3O3S. The van der Waals surface area contributed by atoms with E-state index in [1.54, 1.807) is 29.2 Å². The van der Waals surface area contributed by atoms with Crippen LogP contribution in [0.2, 0.25) is 0 Å². The van der Waals surface area contributed by atoms with E-state index < -0.39 is 10.0 Å². The molecule has 2 saturated heterocycles. The maximum atomic E-state index is 12.7. The molecular weight excluding hydrogens is 314 g/mol. The molecule has 1 aromatic rings. The van der Waals surface area contributed by atoms with E-state index in [2.05, 4.69) is 0 Å². The molecule has 2 aliphatic heterocycles. The lowest BCUT2D eigenvalue weighted by molar-refractivity contribution is 0.149. The number of hydrogen-bond acceptors (Lipinski definition) is 3. The second kappa shape index (κ2) is 6.49. The topological polar surface area (TPSA) is 60.9 Å². The predicted molar refractivity (Wildman–Crippen MR) is 87.5 cm³/mol. The summed E-state index contributed by atoms with van der Waals surface area (Å²) < 4.78 is 26.7. The summed E-state index contributed by atoms with van der Waals surface area (Å²) in [4.78, 5) is 16.2. The van der Waals surface area contributed by atoms with Gasteiger partial charge >= 0.3 is 6.03 Å². The highest BCUT2D eigenvalue weighted by atomic mass is 32.2. The number of carbonyl (C=O) groups is 1. The van der Waals surface area contributed by atoms with Crippen molar-refractivity contribution in [3.05, 3.63) is 29.8 Å². The number of nitrogens with zero attached hydrogens (tertiary/aromatic N) is 3. The third-order valence-corrected chi connectivity index (χ3v) is 6.35. The standard InChI is InChI=1S/C16H23N3O3S/c1-14-5-7-15(8-6-14)23(21,22)19-12-11-18(13-19)16(20)17-9-3-2-4-10-17/h5-8H,2-4,9-13H2,1H3. The van der Waals surface area contributed by atoms with E-state index in [0.717, 1.165) is 37.9 Å².